The first-order valence-electron chi connectivity index (χ1n) is 14.7. The molecule has 45 heavy (non-hydrogen) atoms. The zero-order valence-electron chi connectivity index (χ0n) is 24.2. The number of nitrogens with zero attached hydrogens (tertiary/aromatic N) is 2. The highest BCUT2D eigenvalue weighted by atomic mass is 19.4. The van der Waals surface area contributed by atoms with E-state index < -0.39 is 63.5 Å². The third-order valence-electron chi connectivity index (χ3n) is 9.04. The van der Waals surface area contributed by atoms with Crippen molar-refractivity contribution < 1.29 is 40.8 Å². The van der Waals surface area contributed by atoms with Gasteiger partial charge in [0.15, 0.2) is 5.70 Å². The van der Waals surface area contributed by atoms with Crippen molar-refractivity contribution in [3.8, 4) is 0 Å². The van der Waals surface area contributed by atoms with E-state index in [1.165, 1.54) is 24.3 Å². The van der Waals surface area contributed by atoms with Crippen LogP contribution in [-0.2, 0) is 28.8 Å². The van der Waals surface area contributed by atoms with Gasteiger partial charge in [0.2, 0.25) is 0 Å². The summed E-state index contributed by atoms with van der Waals surface area (Å²) in [4.78, 5) is 30.2. The Balaban J connectivity index is 1.57. The topological polar surface area (TPSA) is 84.7 Å². The zero-order chi connectivity index (χ0) is 32.0. The zero-order valence-corrected chi connectivity index (χ0v) is 24.2. The molecule has 3 N–H and O–H groups in total. The smallest absolute Gasteiger partial charge is 0.359 e. The number of halogens is 5. The Hall–Kier alpha value is -3.97. The first-order chi connectivity index (χ1) is 21.4. The van der Waals surface area contributed by atoms with Crippen LogP contribution in [-0.4, -0.2) is 53.2 Å². The quantitative estimate of drug-likeness (QED) is 0.265. The molecule has 1 saturated heterocycles. The Labute approximate surface area is 256 Å². The molecule has 236 valence electrons. The number of urea groups is 1. The van der Waals surface area contributed by atoms with Crippen molar-refractivity contribution >= 4 is 11.9 Å². The molecule has 3 aliphatic heterocycles. The minimum Gasteiger partial charge on any atom is -0.359 e. The van der Waals surface area contributed by atoms with E-state index in [-0.39, 0.29) is 31.0 Å². The predicted molar refractivity (Wildman–Crippen MR) is 154 cm³/mol. The Morgan fingerprint density at radius 3 is 2.29 bits per heavy atom. The number of quaternary nitrogens is 1. The van der Waals surface area contributed by atoms with Crippen LogP contribution >= 0.6 is 0 Å². The second-order valence-corrected chi connectivity index (χ2v) is 11.7. The van der Waals surface area contributed by atoms with Gasteiger partial charge in [-0.25, -0.2) is 23.0 Å². The van der Waals surface area contributed by atoms with Gasteiger partial charge in [-0.2, -0.15) is 13.2 Å². The van der Waals surface area contributed by atoms with Crippen molar-refractivity contribution in [2.24, 2.45) is 5.73 Å². The van der Waals surface area contributed by atoms with Crippen molar-refractivity contribution in [1.82, 2.24) is 10.2 Å². The van der Waals surface area contributed by atoms with Crippen LogP contribution in [0.2, 0.25) is 0 Å². The summed E-state index contributed by atoms with van der Waals surface area (Å²) in [6.07, 6.45) is -4.16. The van der Waals surface area contributed by atoms with Gasteiger partial charge in [0, 0.05) is 11.6 Å². The van der Waals surface area contributed by atoms with Crippen LogP contribution < -0.4 is 11.1 Å². The van der Waals surface area contributed by atoms with Crippen LogP contribution in [0.1, 0.15) is 41.1 Å². The summed E-state index contributed by atoms with van der Waals surface area (Å²) < 4.78 is 77.8. The minimum atomic E-state index is -4.93. The number of piperidine rings is 1. The van der Waals surface area contributed by atoms with E-state index in [9.17, 15) is 27.2 Å². The molecule has 6 rings (SSSR count). The van der Waals surface area contributed by atoms with Gasteiger partial charge in [-0.1, -0.05) is 48.5 Å². The van der Waals surface area contributed by atoms with Gasteiger partial charge >= 0.3 is 12.2 Å². The molecule has 1 fully saturated rings. The number of carbonyl (C=O) groups excluding carboxylic acids is 2. The molecule has 0 radical (unpaired) electrons. The van der Waals surface area contributed by atoms with Crippen molar-refractivity contribution in [2.45, 2.75) is 43.8 Å². The van der Waals surface area contributed by atoms with Crippen LogP contribution in [0.25, 0.3) is 0 Å². The molecule has 1 spiro atoms. The van der Waals surface area contributed by atoms with E-state index in [2.05, 4.69) is 5.32 Å². The average molecular weight is 628 g/mol. The van der Waals surface area contributed by atoms with Crippen LogP contribution in [0, 0.1) is 11.6 Å². The second-order valence-electron chi connectivity index (χ2n) is 11.7. The number of amides is 3. The van der Waals surface area contributed by atoms with Gasteiger partial charge in [0.05, 0.1) is 17.7 Å². The summed E-state index contributed by atoms with van der Waals surface area (Å²) in [5.41, 5.74) is 4.87. The maximum atomic E-state index is 15.5. The molecule has 3 aliphatic rings. The molecule has 0 aromatic heterocycles. The fourth-order valence-corrected chi connectivity index (χ4v) is 6.76. The second kappa shape index (κ2) is 11.8. The maximum absolute atomic E-state index is 15.5. The third kappa shape index (κ3) is 5.56. The molecule has 3 heterocycles. The molecule has 3 aromatic rings. The fraction of sp³-hybridized carbons (Fsp3) is 0.333. The lowest BCUT2D eigenvalue weighted by molar-refractivity contribution is -0.845. The van der Waals surface area contributed by atoms with Crippen LogP contribution in [0.15, 0.2) is 84.1 Å². The van der Waals surface area contributed by atoms with E-state index in [1.807, 2.05) is 0 Å². The van der Waals surface area contributed by atoms with E-state index in [1.54, 1.807) is 30.3 Å². The lowest BCUT2D eigenvalue weighted by Crippen LogP contribution is -2.64. The number of nitrogens with one attached hydrogen (secondary N) is 1. The minimum absolute atomic E-state index is 0.178. The maximum Gasteiger partial charge on any atom is 0.431 e. The van der Waals surface area contributed by atoms with Crippen LogP contribution in [0.3, 0.4) is 0 Å². The summed E-state index contributed by atoms with van der Waals surface area (Å²) in [6.45, 7) is -0.539. The number of carbonyl (C=O) groups is 2. The van der Waals surface area contributed by atoms with Gasteiger partial charge in [-0.3, -0.25) is 4.79 Å². The number of hydrogen-bond acceptors (Lipinski definition) is 5. The number of benzene rings is 3. The Kier molecular flexibility index (Phi) is 8.10. The SMILES string of the molecule is NC(CN1C(=O)C2=C(COC23CCNCC3)[N@@+](Cc2ccc(F)cc2)(Cc2c(F)cccc2C(F)(F)F)C1=O)c1ccccc1. The highest BCUT2D eigenvalue weighted by Gasteiger charge is 2.62. The number of fused-ring (bicyclic) bond motifs is 1. The molecule has 0 bridgehead atoms. The van der Waals surface area contributed by atoms with Crippen molar-refractivity contribution in [1.29, 1.82) is 0 Å². The van der Waals surface area contributed by atoms with Crippen LogP contribution in [0.5, 0.6) is 0 Å². The first-order valence-corrected chi connectivity index (χ1v) is 14.7. The molecule has 3 aromatic carbocycles. The molecule has 7 nitrogen and oxygen atoms in total. The van der Waals surface area contributed by atoms with E-state index in [0.717, 1.165) is 23.1 Å². The molecule has 1 unspecified atom stereocenters. The Morgan fingerprint density at radius 2 is 1.62 bits per heavy atom. The number of ether oxygens (including phenoxy) is 1. The van der Waals surface area contributed by atoms with Gasteiger partial charge in [-0.05, 0) is 55.8 Å². The molecule has 2 atom stereocenters. The van der Waals surface area contributed by atoms with Gasteiger partial charge in [0.1, 0.15) is 42.5 Å². The van der Waals surface area contributed by atoms with E-state index in [4.69, 9.17) is 10.5 Å². The largest absolute Gasteiger partial charge is 0.431 e. The average Bonchev–Trinajstić information content (AvgIpc) is 3.39. The fourth-order valence-electron chi connectivity index (χ4n) is 6.76. The molecule has 12 heteroatoms. The molecule has 0 aliphatic carbocycles. The van der Waals surface area contributed by atoms with E-state index >= 15 is 4.39 Å². The lowest BCUT2D eigenvalue weighted by atomic mass is 9.82. The number of hydrogen-bond donors (Lipinski definition) is 2. The van der Waals surface area contributed by atoms with Gasteiger partial charge < -0.3 is 15.8 Å². The normalized spacial score (nSPS) is 22.2. The standard InChI is InChI=1S/C33H32F5N4O3/c34-23-11-9-21(10-12-23)18-42(19-24-25(33(36,37)38)7-4-8-26(24)35)28-20-45-32(13-15-40-16-14-32)29(28)30(43)41(31(42)44)17-27(39)22-5-2-1-3-6-22/h1-12,27,40H,13-20,39H2/q+1/t27?,42-/m1/s1. The van der Waals surface area contributed by atoms with Crippen molar-refractivity contribution in [3.05, 3.63) is 118 Å². The lowest BCUT2D eigenvalue weighted by Gasteiger charge is -2.44. The van der Waals surface area contributed by atoms with Crippen molar-refractivity contribution in [3.63, 3.8) is 0 Å². The number of alkyl halides is 3. The molecular weight excluding hydrogens is 595 g/mol. The summed E-state index contributed by atoms with van der Waals surface area (Å²) in [5.74, 6) is -2.32. The summed E-state index contributed by atoms with van der Waals surface area (Å²) in [7, 11) is 0. The highest BCUT2D eigenvalue weighted by molar-refractivity contribution is 6.06. The monoisotopic (exact) mass is 627 g/mol. The van der Waals surface area contributed by atoms with Crippen molar-refractivity contribution in [2.75, 3.05) is 26.2 Å². The van der Waals surface area contributed by atoms with E-state index in [0.29, 0.717) is 37.1 Å². The molecule has 0 saturated carbocycles. The summed E-state index contributed by atoms with van der Waals surface area (Å²) in [6, 6.07) is 15.0. The summed E-state index contributed by atoms with van der Waals surface area (Å²) in [5, 5.41) is 3.23. The third-order valence-corrected chi connectivity index (χ3v) is 9.04. The molecule has 3 amide bonds. The summed E-state index contributed by atoms with van der Waals surface area (Å²) >= 11 is 0. The predicted octanol–water partition coefficient (Wildman–Crippen LogP) is 5.57. The molecular formula is C33H32F5N4O3+. The van der Waals surface area contributed by atoms with Gasteiger partial charge in [0.25, 0.3) is 5.91 Å². The highest BCUT2D eigenvalue weighted by Crippen LogP contribution is 2.49. The number of rotatable bonds is 7. The number of nitrogens with two attached hydrogens (primary N) is 1. The van der Waals surface area contributed by atoms with Crippen LogP contribution in [0.4, 0.5) is 26.7 Å². The van der Waals surface area contributed by atoms with Gasteiger partial charge in [-0.15, -0.1) is 0 Å². The Bertz CT molecular complexity index is 1640. The number of imide groups is 1. The Morgan fingerprint density at radius 1 is 0.933 bits per heavy atom. The first kappa shape index (κ1) is 31.0.